The molecule has 11 nitrogen and oxygen atoms in total. The molecule has 0 spiro atoms. The molecule has 2 rings (SSSR count). The number of carbonyl (C=O) groups excluding carboxylic acids is 3. The number of amides is 3. The van der Waals surface area contributed by atoms with E-state index in [1.54, 1.807) is 6.20 Å². The van der Waals surface area contributed by atoms with Crippen LogP contribution < -0.4 is 21.7 Å². The summed E-state index contributed by atoms with van der Waals surface area (Å²) in [6.45, 7) is 2.73. The Bertz CT molecular complexity index is 1010. The molecule has 0 saturated carbocycles. The number of aliphatic carboxylic acids is 1. The van der Waals surface area contributed by atoms with E-state index in [0.717, 1.165) is 10.9 Å². The van der Waals surface area contributed by atoms with E-state index in [-0.39, 0.29) is 12.2 Å². The van der Waals surface area contributed by atoms with E-state index >= 15 is 0 Å². The number of fused-ring (bicyclic) bond motifs is 1. The topological polar surface area (TPSA) is 187 Å². The van der Waals surface area contributed by atoms with Crippen LogP contribution in [0.2, 0.25) is 0 Å². The van der Waals surface area contributed by atoms with Gasteiger partial charge in [-0.25, -0.2) is 4.79 Å². The van der Waals surface area contributed by atoms with Gasteiger partial charge in [0.05, 0.1) is 12.1 Å². The van der Waals surface area contributed by atoms with Gasteiger partial charge in [0.2, 0.25) is 17.7 Å². The summed E-state index contributed by atoms with van der Waals surface area (Å²) in [6, 6.07) is 2.58. The van der Waals surface area contributed by atoms with Gasteiger partial charge in [-0.1, -0.05) is 18.2 Å². The second-order valence-corrected chi connectivity index (χ2v) is 8.09. The van der Waals surface area contributed by atoms with Gasteiger partial charge in [0.15, 0.2) is 0 Å². The maximum atomic E-state index is 12.9. The first kappa shape index (κ1) is 26.2. The van der Waals surface area contributed by atoms with Crippen molar-refractivity contribution in [1.29, 1.82) is 0 Å². The van der Waals surface area contributed by atoms with Crippen LogP contribution in [0.15, 0.2) is 30.5 Å². The van der Waals surface area contributed by atoms with E-state index in [1.165, 1.54) is 13.8 Å². The number of rotatable bonds is 11. The molecule has 0 aliphatic carbocycles. The van der Waals surface area contributed by atoms with Gasteiger partial charge in [0, 0.05) is 29.3 Å². The molecule has 2 aromatic rings. The van der Waals surface area contributed by atoms with Gasteiger partial charge < -0.3 is 36.9 Å². The van der Waals surface area contributed by atoms with E-state index in [2.05, 4.69) is 33.6 Å². The summed E-state index contributed by atoms with van der Waals surface area (Å²) >= 11 is 3.94. The summed E-state index contributed by atoms with van der Waals surface area (Å²) in [5.41, 5.74) is 7.05. The van der Waals surface area contributed by atoms with Crippen molar-refractivity contribution in [2.45, 2.75) is 50.5 Å². The smallest absolute Gasteiger partial charge is 0.327 e. The molecule has 8 N–H and O–H groups in total. The summed E-state index contributed by atoms with van der Waals surface area (Å²) in [5.74, 6) is -3.67. The van der Waals surface area contributed by atoms with Crippen molar-refractivity contribution >= 4 is 47.2 Å². The summed E-state index contributed by atoms with van der Waals surface area (Å²) in [5, 5.41) is 27.3. The van der Waals surface area contributed by atoms with Crippen LogP contribution in [0.4, 0.5) is 0 Å². The van der Waals surface area contributed by atoms with E-state index < -0.39 is 54.0 Å². The second kappa shape index (κ2) is 11.7. The van der Waals surface area contributed by atoms with Crippen LogP contribution in [-0.2, 0) is 25.6 Å². The molecule has 3 amide bonds. The molecule has 1 aromatic heterocycles. The normalized spacial score (nSPS) is 15.7. The molecular formula is C21H29N5O6S. The predicted octanol–water partition coefficient (Wildman–Crippen LogP) is -1.09. The first-order chi connectivity index (χ1) is 15.5. The molecule has 5 atom stereocenters. The quantitative estimate of drug-likeness (QED) is 0.188. The van der Waals surface area contributed by atoms with Gasteiger partial charge in [-0.2, -0.15) is 12.6 Å². The fourth-order valence-electron chi connectivity index (χ4n) is 3.14. The van der Waals surface area contributed by atoms with Crippen molar-refractivity contribution in [2.75, 3.05) is 5.75 Å². The number of aromatic nitrogens is 1. The number of benzene rings is 1. The van der Waals surface area contributed by atoms with Crippen molar-refractivity contribution in [3.8, 4) is 0 Å². The Morgan fingerprint density at radius 1 is 1.03 bits per heavy atom. The highest BCUT2D eigenvalue weighted by atomic mass is 32.1. The van der Waals surface area contributed by atoms with Crippen LogP contribution in [-0.4, -0.2) is 74.9 Å². The first-order valence-electron chi connectivity index (χ1n) is 10.3. The fraction of sp³-hybridized carbons (Fsp3) is 0.429. The van der Waals surface area contributed by atoms with Crippen molar-refractivity contribution in [3.05, 3.63) is 36.0 Å². The molecule has 180 valence electrons. The van der Waals surface area contributed by atoms with Crippen LogP contribution in [0, 0.1) is 0 Å². The largest absolute Gasteiger partial charge is 0.480 e. The average Bonchev–Trinajstić information content (AvgIpc) is 3.17. The molecule has 12 heteroatoms. The Balaban J connectivity index is 2.30. The van der Waals surface area contributed by atoms with E-state index in [1.807, 2.05) is 24.3 Å². The number of aromatic amines is 1. The molecular weight excluding hydrogens is 450 g/mol. The first-order valence-corrected chi connectivity index (χ1v) is 10.9. The van der Waals surface area contributed by atoms with Gasteiger partial charge in [-0.15, -0.1) is 0 Å². The zero-order valence-corrected chi connectivity index (χ0v) is 19.1. The Labute approximate surface area is 195 Å². The number of para-hydroxylation sites is 1. The minimum absolute atomic E-state index is 0.0221. The van der Waals surface area contributed by atoms with E-state index in [4.69, 9.17) is 5.73 Å². The SMILES string of the molecule is CC(N)C(=O)NC(C(=O)NC(Cc1c[nH]c2ccccc12)C(=O)NC(CS)C(=O)O)C(C)O. The number of hydrogen-bond acceptors (Lipinski definition) is 7. The minimum Gasteiger partial charge on any atom is -0.480 e. The molecule has 1 heterocycles. The molecule has 0 aliphatic heterocycles. The maximum Gasteiger partial charge on any atom is 0.327 e. The highest BCUT2D eigenvalue weighted by Gasteiger charge is 2.32. The lowest BCUT2D eigenvalue weighted by Gasteiger charge is -2.26. The zero-order chi connectivity index (χ0) is 24.7. The molecule has 0 fully saturated rings. The monoisotopic (exact) mass is 479 g/mol. The highest BCUT2D eigenvalue weighted by molar-refractivity contribution is 7.80. The van der Waals surface area contributed by atoms with Gasteiger partial charge in [-0.3, -0.25) is 14.4 Å². The lowest BCUT2D eigenvalue weighted by atomic mass is 10.0. The Hall–Kier alpha value is -3.09. The number of nitrogens with two attached hydrogens (primary N) is 1. The van der Waals surface area contributed by atoms with Crippen LogP contribution in [0.5, 0.6) is 0 Å². The average molecular weight is 480 g/mol. The van der Waals surface area contributed by atoms with Crippen molar-refractivity contribution in [2.24, 2.45) is 5.73 Å². The molecule has 0 radical (unpaired) electrons. The maximum absolute atomic E-state index is 12.9. The molecule has 33 heavy (non-hydrogen) atoms. The van der Waals surface area contributed by atoms with Crippen molar-refractivity contribution in [1.82, 2.24) is 20.9 Å². The third kappa shape index (κ3) is 6.94. The number of nitrogens with one attached hydrogen (secondary N) is 4. The van der Waals surface area contributed by atoms with Crippen LogP contribution in [0.1, 0.15) is 19.4 Å². The number of carbonyl (C=O) groups is 4. The lowest BCUT2D eigenvalue weighted by molar-refractivity contribution is -0.141. The minimum atomic E-state index is -1.37. The number of hydrogen-bond donors (Lipinski definition) is 8. The van der Waals surface area contributed by atoms with Crippen LogP contribution >= 0.6 is 12.6 Å². The summed E-state index contributed by atoms with van der Waals surface area (Å²) in [7, 11) is 0. The fourth-order valence-corrected chi connectivity index (χ4v) is 3.39. The number of thiol groups is 1. The van der Waals surface area contributed by atoms with Crippen molar-refractivity contribution in [3.63, 3.8) is 0 Å². The van der Waals surface area contributed by atoms with Gasteiger partial charge >= 0.3 is 5.97 Å². The van der Waals surface area contributed by atoms with Crippen LogP contribution in [0.3, 0.4) is 0 Å². The molecule has 1 aromatic carbocycles. The number of aliphatic hydroxyl groups excluding tert-OH is 1. The number of carboxylic acid groups (broad SMARTS) is 1. The summed E-state index contributed by atoms with van der Waals surface area (Å²) in [4.78, 5) is 52.2. The number of carboxylic acids is 1. The third-order valence-corrected chi connectivity index (χ3v) is 5.37. The highest BCUT2D eigenvalue weighted by Crippen LogP contribution is 2.19. The van der Waals surface area contributed by atoms with Crippen LogP contribution in [0.25, 0.3) is 10.9 Å². The summed E-state index contributed by atoms with van der Waals surface area (Å²) in [6.07, 6.45) is 0.427. The van der Waals surface area contributed by atoms with Gasteiger partial charge in [0.1, 0.15) is 18.1 Å². The van der Waals surface area contributed by atoms with E-state index in [0.29, 0.717) is 5.56 Å². The van der Waals surface area contributed by atoms with Gasteiger partial charge in [0.25, 0.3) is 0 Å². The molecule has 0 aliphatic rings. The number of H-pyrrole nitrogens is 1. The predicted molar refractivity (Wildman–Crippen MR) is 125 cm³/mol. The lowest BCUT2D eigenvalue weighted by Crippen LogP contribution is -2.60. The third-order valence-electron chi connectivity index (χ3n) is 5.01. The molecule has 0 saturated heterocycles. The zero-order valence-electron chi connectivity index (χ0n) is 18.2. The van der Waals surface area contributed by atoms with Gasteiger partial charge in [-0.05, 0) is 25.5 Å². The van der Waals surface area contributed by atoms with E-state index in [9.17, 15) is 29.4 Å². The number of aliphatic hydroxyl groups is 1. The molecule has 5 unspecified atom stereocenters. The van der Waals surface area contributed by atoms with Crippen molar-refractivity contribution < 1.29 is 29.4 Å². The Kier molecular flexibility index (Phi) is 9.26. The second-order valence-electron chi connectivity index (χ2n) is 7.72. The summed E-state index contributed by atoms with van der Waals surface area (Å²) < 4.78 is 0. The Morgan fingerprint density at radius 2 is 1.67 bits per heavy atom. The molecule has 0 bridgehead atoms. The Morgan fingerprint density at radius 3 is 2.24 bits per heavy atom. The standard InChI is InChI=1S/C21H29N5O6S/c1-10(22)18(28)26-17(11(2)27)20(30)24-15(19(29)25-16(9-33)21(31)32)7-12-8-23-14-6-4-3-5-13(12)14/h3-6,8,10-11,15-17,23,27,33H,7,9,22H2,1-2H3,(H,24,30)(H,25,29)(H,26,28)(H,31,32).